The Morgan fingerprint density at radius 3 is 2.84 bits per heavy atom. The number of para-hydroxylation sites is 1. The highest BCUT2D eigenvalue weighted by Crippen LogP contribution is 2.34. The van der Waals surface area contributed by atoms with E-state index in [1.165, 1.54) is 15.1 Å². The van der Waals surface area contributed by atoms with Gasteiger partial charge in [0.25, 0.3) is 15.6 Å². The molecule has 9 heteroatoms. The number of nitrogens with zero attached hydrogens (tertiary/aromatic N) is 4. The van der Waals surface area contributed by atoms with Crippen molar-refractivity contribution in [1.82, 2.24) is 23.8 Å². The van der Waals surface area contributed by atoms with E-state index in [2.05, 4.69) is 15.0 Å². The van der Waals surface area contributed by atoms with Gasteiger partial charge in [0.2, 0.25) is 5.16 Å². The summed E-state index contributed by atoms with van der Waals surface area (Å²) >= 11 is 0. The molecule has 3 heterocycles. The first-order chi connectivity index (χ1) is 12.0. The zero-order valence-corrected chi connectivity index (χ0v) is 14.4. The monoisotopic (exact) mass is 359 g/mol. The Kier molecular flexibility index (Phi) is 3.69. The van der Waals surface area contributed by atoms with Crippen LogP contribution in [0, 0.1) is 0 Å². The molecule has 0 radical (unpaired) electrons. The van der Waals surface area contributed by atoms with E-state index in [4.69, 9.17) is 0 Å². The number of fused-ring (bicyclic) bond motifs is 1. The van der Waals surface area contributed by atoms with Crippen molar-refractivity contribution in [3.05, 3.63) is 52.8 Å². The van der Waals surface area contributed by atoms with Crippen LogP contribution in [0.3, 0.4) is 0 Å². The van der Waals surface area contributed by atoms with Gasteiger partial charge in [0.1, 0.15) is 5.82 Å². The van der Waals surface area contributed by atoms with Gasteiger partial charge in [0.15, 0.2) is 0 Å². The molecule has 1 fully saturated rings. The smallest absolute Gasteiger partial charge is 0.277 e. The van der Waals surface area contributed by atoms with E-state index < -0.39 is 16.1 Å². The number of aromatic nitrogens is 4. The van der Waals surface area contributed by atoms with E-state index in [0.717, 1.165) is 0 Å². The van der Waals surface area contributed by atoms with E-state index in [-0.39, 0.29) is 10.7 Å². The number of benzene rings is 1. The molecule has 2 aromatic heterocycles. The van der Waals surface area contributed by atoms with Crippen LogP contribution in [0.15, 0.2) is 46.6 Å². The molecule has 1 N–H and O–H groups in total. The first-order valence-corrected chi connectivity index (χ1v) is 9.40. The molecular weight excluding hydrogens is 342 g/mol. The van der Waals surface area contributed by atoms with Gasteiger partial charge in [-0.1, -0.05) is 12.1 Å². The SMILES string of the molecule is Cn1ccnc1S(=O)(=O)N1CCCC1c1nc2ccccc2c(=O)[nH]1. The molecule has 1 saturated heterocycles. The standard InChI is InChI=1S/C16H17N5O3S/c1-20-10-8-17-16(20)25(23,24)21-9-4-7-13(21)14-18-12-6-3-2-5-11(12)15(22)19-14/h2-3,5-6,8,10,13H,4,7,9H2,1H3,(H,18,19,22). The van der Waals surface area contributed by atoms with E-state index in [1.807, 2.05) is 0 Å². The molecule has 0 amide bonds. The van der Waals surface area contributed by atoms with Crippen molar-refractivity contribution in [3.8, 4) is 0 Å². The third kappa shape index (κ3) is 2.56. The summed E-state index contributed by atoms with van der Waals surface area (Å²) in [6, 6.07) is 6.52. The van der Waals surface area contributed by atoms with Crippen molar-refractivity contribution < 1.29 is 8.42 Å². The van der Waals surface area contributed by atoms with Crippen molar-refractivity contribution in [2.75, 3.05) is 6.54 Å². The highest BCUT2D eigenvalue weighted by atomic mass is 32.2. The van der Waals surface area contributed by atoms with E-state index in [0.29, 0.717) is 36.1 Å². The Bertz CT molecular complexity index is 1100. The van der Waals surface area contributed by atoms with Gasteiger partial charge in [0, 0.05) is 26.0 Å². The predicted molar refractivity (Wildman–Crippen MR) is 91.4 cm³/mol. The average molecular weight is 359 g/mol. The van der Waals surface area contributed by atoms with Gasteiger partial charge in [-0.2, -0.15) is 4.31 Å². The molecule has 1 unspecified atom stereocenters. The number of H-pyrrole nitrogens is 1. The molecule has 1 aliphatic heterocycles. The van der Waals surface area contributed by atoms with Crippen molar-refractivity contribution >= 4 is 20.9 Å². The molecule has 4 rings (SSSR count). The highest BCUT2D eigenvalue weighted by Gasteiger charge is 2.39. The van der Waals surface area contributed by atoms with Gasteiger partial charge in [-0.05, 0) is 25.0 Å². The fourth-order valence-electron chi connectivity index (χ4n) is 3.27. The molecule has 3 aromatic rings. The Morgan fingerprint density at radius 1 is 1.28 bits per heavy atom. The van der Waals surface area contributed by atoms with Crippen LogP contribution in [-0.4, -0.2) is 38.8 Å². The van der Waals surface area contributed by atoms with E-state index in [1.54, 1.807) is 37.5 Å². The summed E-state index contributed by atoms with van der Waals surface area (Å²) in [4.78, 5) is 23.5. The minimum Gasteiger partial charge on any atom is -0.324 e. The van der Waals surface area contributed by atoms with E-state index in [9.17, 15) is 13.2 Å². The summed E-state index contributed by atoms with van der Waals surface area (Å²) < 4.78 is 28.8. The number of hydrogen-bond donors (Lipinski definition) is 1. The van der Waals surface area contributed by atoms with Gasteiger partial charge in [-0.15, -0.1) is 0 Å². The maximum atomic E-state index is 13.0. The molecule has 0 aliphatic carbocycles. The van der Waals surface area contributed by atoms with Crippen LogP contribution >= 0.6 is 0 Å². The van der Waals surface area contributed by atoms with Crippen molar-refractivity contribution in [2.24, 2.45) is 7.05 Å². The normalized spacial score (nSPS) is 18.8. The zero-order chi connectivity index (χ0) is 17.6. The molecule has 130 valence electrons. The van der Waals surface area contributed by atoms with Gasteiger partial charge in [-0.3, -0.25) is 4.79 Å². The first kappa shape index (κ1) is 16.0. The van der Waals surface area contributed by atoms with Crippen LogP contribution in [0.4, 0.5) is 0 Å². The molecule has 1 aliphatic rings. The molecule has 0 bridgehead atoms. The van der Waals surface area contributed by atoms with Crippen molar-refractivity contribution in [2.45, 2.75) is 24.0 Å². The number of aromatic amines is 1. The third-order valence-corrected chi connectivity index (χ3v) is 6.38. The third-order valence-electron chi connectivity index (χ3n) is 4.47. The summed E-state index contributed by atoms with van der Waals surface area (Å²) in [5.74, 6) is 0.374. The van der Waals surface area contributed by atoms with Crippen LogP contribution < -0.4 is 5.56 Å². The Labute approximate surface area is 144 Å². The molecule has 1 atom stereocenters. The molecule has 8 nitrogen and oxygen atoms in total. The van der Waals surface area contributed by atoms with Gasteiger partial charge >= 0.3 is 0 Å². The number of imidazole rings is 1. The van der Waals surface area contributed by atoms with Crippen LogP contribution in [0.5, 0.6) is 0 Å². The minimum absolute atomic E-state index is 0.0115. The molecule has 0 spiro atoms. The summed E-state index contributed by atoms with van der Waals surface area (Å²) in [7, 11) is -2.13. The lowest BCUT2D eigenvalue weighted by Gasteiger charge is -2.23. The fraction of sp³-hybridized carbons (Fsp3) is 0.312. The first-order valence-electron chi connectivity index (χ1n) is 7.96. The number of nitrogens with one attached hydrogen (secondary N) is 1. The minimum atomic E-state index is -3.77. The summed E-state index contributed by atoms with van der Waals surface area (Å²) in [5.41, 5.74) is 0.296. The molecule has 1 aromatic carbocycles. The topological polar surface area (TPSA) is 101 Å². The second-order valence-corrected chi connectivity index (χ2v) is 7.85. The summed E-state index contributed by atoms with van der Waals surface area (Å²) in [6.45, 7) is 0.371. The number of rotatable bonds is 3. The number of sulfonamides is 1. The Balaban J connectivity index is 1.80. The molecule has 25 heavy (non-hydrogen) atoms. The van der Waals surface area contributed by atoms with Crippen LogP contribution in [0.1, 0.15) is 24.7 Å². The van der Waals surface area contributed by atoms with Gasteiger partial charge < -0.3 is 9.55 Å². The number of hydrogen-bond acceptors (Lipinski definition) is 5. The van der Waals surface area contributed by atoms with Crippen LogP contribution in [0.2, 0.25) is 0 Å². The van der Waals surface area contributed by atoms with E-state index >= 15 is 0 Å². The summed E-state index contributed by atoms with van der Waals surface area (Å²) in [5, 5.41) is 0.477. The van der Waals surface area contributed by atoms with Gasteiger partial charge in [-0.25, -0.2) is 18.4 Å². The maximum Gasteiger partial charge on any atom is 0.277 e. The molecule has 0 saturated carbocycles. The van der Waals surface area contributed by atoms with Gasteiger partial charge in [0.05, 0.1) is 16.9 Å². The van der Waals surface area contributed by atoms with Crippen LogP contribution in [-0.2, 0) is 17.1 Å². The maximum absolute atomic E-state index is 13.0. The lowest BCUT2D eigenvalue weighted by atomic mass is 10.2. The van der Waals surface area contributed by atoms with Crippen molar-refractivity contribution in [1.29, 1.82) is 0 Å². The zero-order valence-electron chi connectivity index (χ0n) is 13.6. The fourth-order valence-corrected chi connectivity index (χ4v) is 5.01. The Hall–Kier alpha value is -2.52. The lowest BCUT2D eigenvalue weighted by Crippen LogP contribution is -2.34. The second-order valence-electron chi connectivity index (χ2n) is 6.06. The highest BCUT2D eigenvalue weighted by molar-refractivity contribution is 7.89. The molecular formula is C16H17N5O3S. The Morgan fingerprint density at radius 2 is 2.08 bits per heavy atom. The average Bonchev–Trinajstić information content (AvgIpc) is 3.24. The number of aryl methyl sites for hydroxylation is 1. The predicted octanol–water partition coefficient (Wildman–Crippen LogP) is 1.18. The second kappa shape index (κ2) is 5.78. The largest absolute Gasteiger partial charge is 0.324 e. The quantitative estimate of drug-likeness (QED) is 0.757. The lowest BCUT2D eigenvalue weighted by molar-refractivity contribution is 0.378. The summed E-state index contributed by atoms with van der Waals surface area (Å²) in [6.07, 6.45) is 4.35. The van der Waals surface area contributed by atoms with Crippen LogP contribution in [0.25, 0.3) is 10.9 Å². The van der Waals surface area contributed by atoms with Crippen molar-refractivity contribution in [3.63, 3.8) is 0 Å².